The first-order valence-corrected chi connectivity index (χ1v) is 15.4. The van der Waals surface area contributed by atoms with Crippen molar-refractivity contribution in [1.29, 1.82) is 0 Å². The lowest BCUT2D eigenvalue weighted by Crippen LogP contribution is -2.30. The van der Waals surface area contributed by atoms with Gasteiger partial charge in [0, 0.05) is 16.8 Å². The molecule has 0 saturated carbocycles. The molecule has 0 N–H and O–H groups in total. The summed E-state index contributed by atoms with van der Waals surface area (Å²) in [6.45, 7) is 11.3. The van der Waals surface area contributed by atoms with Crippen LogP contribution in [0.4, 0.5) is 11.4 Å². The Balaban J connectivity index is 1.55. The number of benzene rings is 3. The van der Waals surface area contributed by atoms with E-state index in [-0.39, 0.29) is 29.9 Å². The topological polar surface area (TPSA) is 49.9 Å². The fraction of sp³-hybridized carbons (Fsp3) is 0.310. The minimum Gasteiger partial charge on any atom is -0.410 e. The monoisotopic (exact) mass is 515 g/mol. The second kappa shape index (κ2) is 9.21. The number of anilines is 2. The number of hydrogen-bond acceptors (Lipinski definition) is 5. The quantitative estimate of drug-likeness (QED) is 0.269. The fourth-order valence-corrected chi connectivity index (χ4v) is 7.26. The van der Waals surface area contributed by atoms with Gasteiger partial charge in [-0.3, -0.25) is 14.5 Å². The van der Waals surface area contributed by atoms with Crippen molar-refractivity contribution < 1.29 is 14.0 Å². The second-order valence-electron chi connectivity index (χ2n) is 10.6. The van der Waals surface area contributed by atoms with Crippen LogP contribution in [0.3, 0.4) is 0 Å². The van der Waals surface area contributed by atoms with Crippen LogP contribution in [-0.2, 0) is 11.0 Å². The van der Waals surface area contributed by atoms with Gasteiger partial charge in [-0.2, -0.15) is 0 Å². The molecule has 0 aromatic heterocycles. The zero-order valence-electron chi connectivity index (χ0n) is 21.6. The summed E-state index contributed by atoms with van der Waals surface area (Å²) in [5, 5.41) is 0. The Labute approximate surface area is 219 Å². The van der Waals surface area contributed by atoms with E-state index in [1.807, 2.05) is 12.1 Å². The Hall–Kier alpha value is -2.87. The minimum absolute atomic E-state index is 0.0396. The van der Waals surface area contributed by atoms with E-state index in [2.05, 4.69) is 70.1 Å². The zero-order chi connectivity index (χ0) is 25.8. The summed E-state index contributed by atoms with van der Waals surface area (Å²) in [5.74, 6) is -0.463. The summed E-state index contributed by atoms with van der Waals surface area (Å²) < 4.78 is 6.56. The first-order valence-electron chi connectivity index (χ1n) is 12.2. The van der Waals surface area contributed by atoms with Crippen molar-refractivity contribution in [1.82, 2.24) is 4.90 Å². The Bertz CT molecular complexity index is 1330. The first-order chi connectivity index (χ1) is 17.1. The van der Waals surface area contributed by atoms with Gasteiger partial charge in [0.05, 0.1) is 35.2 Å². The second-order valence-corrected chi connectivity index (χ2v) is 13.7. The van der Waals surface area contributed by atoms with Gasteiger partial charge in [0.25, 0.3) is 11.8 Å². The summed E-state index contributed by atoms with van der Waals surface area (Å²) in [6.07, 6.45) is -0.0396. The lowest BCUT2D eigenvalue weighted by Gasteiger charge is -2.37. The van der Waals surface area contributed by atoms with Crippen LogP contribution >= 0.6 is 11.8 Å². The Morgan fingerprint density at radius 2 is 1.44 bits per heavy atom. The van der Waals surface area contributed by atoms with E-state index in [0.29, 0.717) is 11.1 Å². The number of amides is 2. The van der Waals surface area contributed by atoms with Gasteiger partial charge >= 0.3 is 0 Å². The van der Waals surface area contributed by atoms with Gasteiger partial charge in [0.1, 0.15) is 0 Å². The van der Waals surface area contributed by atoms with Gasteiger partial charge in [-0.1, -0.05) is 68.9 Å². The van der Waals surface area contributed by atoms with E-state index in [9.17, 15) is 9.59 Å². The van der Waals surface area contributed by atoms with Crippen molar-refractivity contribution in [2.45, 2.75) is 56.3 Å². The van der Waals surface area contributed by atoms with Crippen molar-refractivity contribution in [3.63, 3.8) is 0 Å². The van der Waals surface area contributed by atoms with E-state index < -0.39 is 9.04 Å². The number of nitrogens with zero attached hydrogens (tertiary/aromatic N) is 2. The largest absolute Gasteiger partial charge is 0.410 e. The van der Waals surface area contributed by atoms with Crippen molar-refractivity contribution in [2.24, 2.45) is 5.41 Å². The van der Waals surface area contributed by atoms with Gasteiger partial charge < -0.3 is 9.33 Å². The van der Waals surface area contributed by atoms with E-state index in [1.54, 1.807) is 36.0 Å². The maximum absolute atomic E-state index is 13.1. The molecule has 1 radical (unpaired) electrons. The van der Waals surface area contributed by atoms with Gasteiger partial charge in [0.2, 0.25) is 9.04 Å². The van der Waals surface area contributed by atoms with Crippen LogP contribution < -0.4 is 4.90 Å². The van der Waals surface area contributed by atoms with Gasteiger partial charge in [-0.25, -0.2) is 0 Å². The molecule has 0 bridgehead atoms. The normalized spacial score (nSPS) is 15.8. The molecular weight excluding hydrogens is 484 g/mol. The number of fused-ring (bicyclic) bond motifs is 3. The van der Waals surface area contributed by atoms with Crippen LogP contribution in [0.5, 0.6) is 0 Å². The van der Waals surface area contributed by atoms with Crippen LogP contribution in [0.25, 0.3) is 0 Å². The van der Waals surface area contributed by atoms with Crippen LogP contribution in [0.15, 0.2) is 70.5 Å². The highest BCUT2D eigenvalue weighted by atomic mass is 32.2. The maximum Gasteiger partial charge on any atom is 0.261 e. The van der Waals surface area contributed by atoms with Crippen molar-refractivity contribution >= 4 is 44.0 Å². The van der Waals surface area contributed by atoms with E-state index in [1.165, 1.54) is 15.4 Å². The molecule has 5 nitrogen and oxygen atoms in total. The molecule has 36 heavy (non-hydrogen) atoms. The van der Waals surface area contributed by atoms with Gasteiger partial charge in [-0.15, -0.1) is 0 Å². The van der Waals surface area contributed by atoms with Crippen molar-refractivity contribution in [3.05, 3.63) is 82.9 Å². The molecule has 1 unspecified atom stereocenters. The lowest BCUT2D eigenvalue weighted by atomic mass is 9.84. The molecule has 185 valence electrons. The molecule has 7 heteroatoms. The van der Waals surface area contributed by atoms with Gasteiger partial charge in [0.15, 0.2) is 0 Å². The molecule has 3 aromatic carbocycles. The summed E-state index contributed by atoms with van der Waals surface area (Å²) >= 11 is 1.72. The molecule has 2 aliphatic rings. The van der Waals surface area contributed by atoms with Gasteiger partial charge in [-0.05, 0) is 53.9 Å². The number of carbonyl (C=O) groups excluding carboxylic acids is 2. The number of hydrogen-bond donors (Lipinski definition) is 0. The lowest BCUT2D eigenvalue weighted by molar-refractivity contribution is 0.0641. The third kappa shape index (κ3) is 4.19. The predicted molar refractivity (Wildman–Crippen MR) is 146 cm³/mol. The first kappa shape index (κ1) is 24.8. The minimum atomic E-state index is -0.928. The summed E-state index contributed by atoms with van der Waals surface area (Å²) in [4.78, 5) is 32.0. The fourth-order valence-electron chi connectivity index (χ4n) is 4.93. The van der Waals surface area contributed by atoms with Crippen LogP contribution in [-0.4, -0.2) is 32.8 Å². The summed E-state index contributed by atoms with van der Waals surface area (Å²) in [6, 6.07) is 19.6. The van der Waals surface area contributed by atoms with Crippen LogP contribution in [0.1, 0.15) is 58.7 Å². The predicted octanol–water partition coefficient (Wildman–Crippen LogP) is 7.07. The molecule has 0 aliphatic carbocycles. The molecule has 2 aliphatic heterocycles. The number of carbonyl (C=O) groups is 2. The van der Waals surface area contributed by atoms with E-state index in [0.717, 1.165) is 21.8 Å². The average Bonchev–Trinajstić information content (AvgIpc) is 3.07. The SMILES string of the molecule is CN1c2cccc(CN3C(=O)c4ccccc4C3=O)c2Sc2c(C(O[Si](C)C)C(C)(C)C)cccc21. The van der Waals surface area contributed by atoms with E-state index >= 15 is 0 Å². The molecule has 0 fully saturated rings. The van der Waals surface area contributed by atoms with Crippen molar-refractivity contribution in [2.75, 3.05) is 11.9 Å². The molecule has 1 atom stereocenters. The third-order valence-electron chi connectivity index (χ3n) is 6.66. The Kier molecular flexibility index (Phi) is 6.35. The zero-order valence-corrected chi connectivity index (χ0v) is 23.4. The van der Waals surface area contributed by atoms with Crippen molar-refractivity contribution in [3.8, 4) is 0 Å². The molecular formula is C29H31N2O3SSi. The maximum atomic E-state index is 13.1. The molecule has 3 aromatic rings. The Morgan fingerprint density at radius 3 is 2.03 bits per heavy atom. The highest BCUT2D eigenvalue weighted by Crippen LogP contribution is 2.53. The highest BCUT2D eigenvalue weighted by molar-refractivity contribution is 7.99. The number of imide groups is 1. The number of rotatable bonds is 5. The third-order valence-corrected chi connectivity index (χ3v) is 8.69. The molecule has 0 spiro atoms. The highest BCUT2D eigenvalue weighted by Gasteiger charge is 2.37. The van der Waals surface area contributed by atoms with E-state index in [4.69, 9.17) is 4.43 Å². The molecule has 2 heterocycles. The standard InChI is InChI=1S/C29H31N2O3SSi/c1-29(2,3)26(34-36(5)6)21-14-10-16-23-25(21)35-24-18(11-9-15-22(24)30(23)4)17-31-27(32)19-12-7-8-13-20(19)28(31)33/h7-16,26H,17H2,1-6H3. The molecule has 0 saturated heterocycles. The van der Waals surface area contributed by atoms with Crippen LogP contribution in [0.2, 0.25) is 13.1 Å². The Morgan fingerprint density at radius 1 is 0.861 bits per heavy atom. The summed E-state index contributed by atoms with van der Waals surface area (Å²) in [7, 11) is 1.15. The molecule has 2 amide bonds. The van der Waals surface area contributed by atoms with Crippen LogP contribution in [0, 0.1) is 5.41 Å². The summed E-state index contributed by atoms with van der Waals surface area (Å²) in [5.41, 5.74) is 5.24. The average molecular weight is 516 g/mol. The smallest absolute Gasteiger partial charge is 0.261 e. The molecule has 5 rings (SSSR count).